The number of benzene rings is 2. The van der Waals surface area contributed by atoms with Crippen molar-refractivity contribution in [1.82, 2.24) is 0 Å². The number of anilines is 1. The first kappa shape index (κ1) is 13.8. The number of hydrogen-bond donors (Lipinski definition) is 1. The second-order valence-electron chi connectivity index (χ2n) is 4.55. The van der Waals surface area contributed by atoms with Gasteiger partial charge in [-0.15, -0.1) is 0 Å². The van der Waals surface area contributed by atoms with Gasteiger partial charge in [0.05, 0.1) is 7.11 Å². The monoisotopic (exact) mass is 275 g/mol. The van der Waals surface area contributed by atoms with Crippen LogP contribution in [0.25, 0.3) is 0 Å². The molecule has 3 heteroatoms. The quantitative estimate of drug-likeness (QED) is 0.863. The Kier molecular flexibility index (Phi) is 4.33. The van der Waals surface area contributed by atoms with Crippen molar-refractivity contribution in [3.8, 4) is 5.75 Å². The average Bonchev–Trinajstić information content (AvgIpc) is 2.44. The van der Waals surface area contributed by atoms with Gasteiger partial charge < -0.3 is 10.1 Å². The summed E-state index contributed by atoms with van der Waals surface area (Å²) in [4.78, 5) is 0. The van der Waals surface area contributed by atoms with Crippen molar-refractivity contribution in [3.05, 3.63) is 58.6 Å². The van der Waals surface area contributed by atoms with Crippen LogP contribution >= 0.6 is 11.6 Å². The van der Waals surface area contributed by atoms with E-state index in [0.29, 0.717) is 0 Å². The van der Waals surface area contributed by atoms with Gasteiger partial charge in [0.2, 0.25) is 0 Å². The minimum absolute atomic E-state index is 0.211. The molecule has 0 heterocycles. The Hall–Kier alpha value is -1.67. The first-order valence-corrected chi connectivity index (χ1v) is 6.65. The van der Waals surface area contributed by atoms with Crippen LogP contribution in [0, 0.1) is 6.92 Å². The van der Waals surface area contributed by atoms with E-state index in [2.05, 4.69) is 24.4 Å². The van der Waals surface area contributed by atoms with E-state index in [-0.39, 0.29) is 6.04 Å². The summed E-state index contributed by atoms with van der Waals surface area (Å²) in [5.74, 6) is 0.870. The molecule has 1 N–H and O–H groups in total. The lowest BCUT2D eigenvalue weighted by atomic mass is 10.1. The predicted octanol–water partition coefficient (Wildman–Crippen LogP) is 4.83. The molecule has 0 spiro atoms. The van der Waals surface area contributed by atoms with Crippen molar-refractivity contribution in [2.24, 2.45) is 0 Å². The second kappa shape index (κ2) is 5.98. The maximum Gasteiger partial charge on any atom is 0.118 e. The Bertz CT molecular complexity index is 551. The fourth-order valence-electron chi connectivity index (χ4n) is 1.97. The fraction of sp³-hybridized carbons (Fsp3) is 0.250. The van der Waals surface area contributed by atoms with Gasteiger partial charge in [0, 0.05) is 16.8 Å². The molecule has 2 nitrogen and oxygen atoms in total. The summed E-state index contributed by atoms with van der Waals surface area (Å²) in [6.07, 6.45) is 0. The largest absolute Gasteiger partial charge is 0.497 e. The highest BCUT2D eigenvalue weighted by atomic mass is 35.5. The van der Waals surface area contributed by atoms with E-state index in [1.165, 1.54) is 5.56 Å². The molecule has 0 aliphatic heterocycles. The maximum absolute atomic E-state index is 6.13. The molecular formula is C16H18ClNO. The first-order valence-electron chi connectivity index (χ1n) is 6.27. The van der Waals surface area contributed by atoms with Gasteiger partial charge in [-0.2, -0.15) is 0 Å². The summed E-state index contributed by atoms with van der Waals surface area (Å²) >= 11 is 6.13. The second-order valence-corrected chi connectivity index (χ2v) is 4.96. The van der Waals surface area contributed by atoms with Crippen molar-refractivity contribution in [2.45, 2.75) is 19.9 Å². The summed E-state index contributed by atoms with van der Waals surface area (Å²) in [5.41, 5.74) is 3.35. The molecule has 0 aromatic heterocycles. The lowest BCUT2D eigenvalue weighted by Crippen LogP contribution is -2.07. The Morgan fingerprint density at radius 3 is 2.42 bits per heavy atom. The molecule has 2 rings (SSSR count). The molecule has 2 aromatic carbocycles. The fourth-order valence-corrected chi connectivity index (χ4v) is 2.15. The van der Waals surface area contributed by atoms with Crippen LogP contribution in [0.3, 0.4) is 0 Å². The van der Waals surface area contributed by atoms with Gasteiger partial charge in [0.15, 0.2) is 0 Å². The predicted molar refractivity (Wildman–Crippen MR) is 81.2 cm³/mol. The molecule has 0 radical (unpaired) electrons. The van der Waals surface area contributed by atoms with Crippen LogP contribution in [0.1, 0.15) is 24.1 Å². The van der Waals surface area contributed by atoms with Crippen LogP contribution in [0.15, 0.2) is 42.5 Å². The summed E-state index contributed by atoms with van der Waals surface area (Å²) in [5, 5.41) is 4.26. The standard InChI is InChI=1S/C16H18ClNO/c1-11-15(17)5-4-6-16(11)18-12(2)13-7-9-14(19-3)10-8-13/h4-10,12,18H,1-3H3. The lowest BCUT2D eigenvalue weighted by Gasteiger charge is -2.18. The van der Waals surface area contributed by atoms with Crippen molar-refractivity contribution < 1.29 is 4.74 Å². The molecule has 1 unspecified atom stereocenters. The molecule has 0 saturated heterocycles. The minimum atomic E-state index is 0.211. The van der Waals surface area contributed by atoms with E-state index in [0.717, 1.165) is 22.0 Å². The van der Waals surface area contributed by atoms with Gasteiger partial charge in [-0.3, -0.25) is 0 Å². The van der Waals surface area contributed by atoms with Crippen molar-refractivity contribution in [2.75, 3.05) is 12.4 Å². The first-order chi connectivity index (χ1) is 9.11. The lowest BCUT2D eigenvalue weighted by molar-refractivity contribution is 0.414. The minimum Gasteiger partial charge on any atom is -0.497 e. The van der Waals surface area contributed by atoms with Crippen molar-refractivity contribution in [3.63, 3.8) is 0 Å². The number of hydrogen-bond acceptors (Lipinski definition) is 2. The topological polar surface area (TPSA) is 21.3 Å². The van der Waals surface area contributed by atoms with E-state index >= 15 is 0 Å². The Morgan fingerprint density at radius 1 is 1.11 bits per heavy atom. The van der Waals surface area contributed by atoms with Crippen molar-refractivity contribution in [1.29, 1.82) is 0 Å². The highest BCUT2D eigenvalue weighted by Gasteiger charge is 2.08. The van der Waals surface area contributed by atoms with Crippen LogP contribution in [0.5, 0.6) is 5.75 Å². The van der Waals surface area contributed by atoms with Gasteiger partial charge in [-0.25, -0.2) is 0 Å². The zero-order chi connectivity index (χ0) is 13.8. The highest BCUT2D eigenvalue weighted by molar-refractivity contribution is 6.31. The van der Waals surface area contributed by atoms with E-state index in [1.807, 2.05) is 37.3 Å². The van der Waals surface area contributed by atoms with Crippen LogP contribution in [0.2, 0.25) is 5.02 Å². The Labute approximate surface area is 119 Å². The van der Waals surface area contributed by atoms with E-state index in [9.17, 15) is 0 Å². The van der Waals surface area contributed by atoms with Crippen LogP contribution in [-0.4, -0.2) is 7.11 Å². The Balaban J connectivity index is 2.15. The molecule has 0 aliphatic rings. The number of methoxy groups -OCH3 is 1. The maximum atomic E-state index is 6.13. The highest BCUT2D eigenvalue weighted by Crippen LogP contribution is 2.27. The summed E-state index contributed by atoms with van der Waals surface area (Å²) in [6.45, 7) is 4.15. The number of nitrogens with one attached hydrogen (secondary N) is 1. The molecular weight excluding hydrogens is 258 g/mol. The number of rotatable bonds is 4. The molecule has 19 heavy (non-hydrogen) atoms. The van der Waals surface area contributed by atoms with Crippen LogP contribution in [0.4, 0.5) is 5.69 Å². The summed E-state index contributed by atoms with van der Waals surface area (Å²) in [7, 11) is 1.67. The third-order valence-corrected chi connectivity index (χ3v) is 3.66. The molecule has 0 bridgehead atoms. The SMILES string of the molecule is COc1ccc(C(C)Nc2cccc(Cl)c2C)cc1. The van der Waals surface area contributed by atoms with Crippen LogP contribution in [-0.2, 0) is 0 Å². The molecule has 0 fully saturated rings. The van der Waals surface area contributed by atoms with Gasteiger partial charge >= 0.3 is 0 Å². The smallest absolute Gasteiger partial charge is 0.118 e. The van der Waals surface area contributed by atoms with Gasteiger partial charge in [0.25, 0.3) is 0 Å². The zero-order valence-corrected chi connectivity index (χ0v) is 12.2. The molecule has 100 valence electrons. The van der Waals surface area contributed by atoms with E-state index < -0.39 is 0 Å². The number of halogens is 1. The van der Waals surface area contributed by atoms with Gasteiger partial charge in [0.1, 0.15) is 5.75 Å². The van der Waals surface area contributed by atoms with E-state index in [1.54, 1.807) is 7.11 Å². The third kappa shape index (κ3) is 3.21. The summed E-state index contributed by atoms with van der Waals surface area (Å²) in [6, 6.07) is 14.2. The average molecular weight is 276 g/mol. The third-order valence-electron chi connectivity index (χ3n) is 3.26. The normalized spacial score (nSPS) is 12.0. The van der Waals surface area contributed by atoms with Crippen molar-refractivity contribution >= 4 is 17.3 Å². The molecule has 0 aliphatic carbocycles. The molecule has 0 amide bonds. The zero-order valence-electron chi connectivity index (χ0n) is 11.4. The molecule has 1 atom stereocenters. The summed E-state index contributed by atoms with van der Waals surface area (Å²) < 4.78 is 5.16. The number of ether oxygens (including phenoxy) is 1. The van der Waals surface area contributed by atoms with E-state index in [4.69, 9.17) is 16.3 Å². The van der Waals surface area contributed by atoms with Crippen LogP contribution < -0.4 is 10.1 Å². The molecule has 2 aromatic rings. The van der Waals surface area contributed by atoms with Gasteiger partial charge in [-0.05, 0) is 49.2 Å². The molecule has 0 saturated carbocycles. The Morgan fingerprint density at radius 2 is 1.79 bits per heavy atom. The van der Waals surface area contributed by atoms with Gasteiger partial charge in [-0.1, -0.05) is 29.8 Å².